The van der Waals surface area contributed by atoms with Gasteiger partial charge in [0.25, 0.3) is 0 Å². The number of rotatable bonds is 9. The molecular weight excluding hydrogens is 735 g/mol. The maximum Gasteiger partial charge on any atom is 0.338 e. The zero-order chi connectivity index (χ0) is 27.1. The summed E-state index contributed by atoms with van der Waals surface area (Å²) < 4.78 is 25.0. The van der Waals surface area contributed by atoms with E-state index in [1.807, 2.05) is 26.8 Å². The van der Waals surface area contributed by atoms with E-state index in [0.29, 0.717) is 24.2 Å². The van der Waals surface area contributed by atoms with Gasteiger partial charge in [0.2, 0.25) is 6.09 Å². The predicted octanol–water partition coefficient (Wildman–Crippen LogP) is 7.10. The quantitative estimate of drug-likeness (QED) is 0.217. The molecule has 2 aromatic carbocycles. The van der Waals surface area contributed by atoms with E-state index in [9.17, 15) is 14.0 Å². The van der Waals surface area contributed by atoms with Crippen LogP contribution in [0.1, 0.15) is 69.1 Å². The number of nitrogens with zero attached hydrogens (tertiary/aromatic N) is 2. The van der Waals surface area contributed by atoms with Crippen molar-refractivity contribution in [3.63, 3.8) is 0 Å². The summed E-state index contributed by atoms with van der Waals surface area (Å²) >= 11 is 0. The minimum atomic E-state index is -0.615. The molecule has 1 unspecified atom stereocenters. The topological polar surface area (TPSA) is 82.0 Å². The third kappa shape index (κ3) is 11.7. The Hall–Kier alpha value is -4.13. The molecular formula is C29H41FLrN3O4-3. The van der Waals surface area contributed by atoms with Crippen molar-refractivity contribution in [3.05, 3.63) is 84.8 Å². The molecule has 0 fully saturated rings. The van der Waals surface area contributed by atoms with Crippen molar-refractivity contribution in [2.45, 2.75) is 65.7 Å². The van der Waals surface area contributed by atoms with Crippen molar-refractivity contribution >= 4 is 17.7 Å². The van der Waals surface area contributed by atoms with Crippen LogP contribution in [0.5, 0.6) is 0 Å². The Morgan fingerprint density at radius 2 is 1.61 bits per heavy atom. The van der Waals surface area contributed by atoms with Gasteiger partial charge in [-0.2, -0.15) is 0 Å². The summed E-state index contributed by atoms with van der Waals surface area (Å²) in [5, 5.41) is 7.32. The number of esters is 1. The molecule has 1 atom stereocenters. The molecule has 0 spiro atoms. The van der Waals surface area contributed by atoms with Crippen molar-refractivity contribution in [2.24, 2.45) is 0 Å². The molecule has 1 amide bonds. The number of nitrogens with one attached hydrogen (secondary N) is 1. The van der Waals surface area contributed by atoms with E-state index >= 15 is 0 Å². The van der Waals surface area contributed by atoms with Gasteiger partial charge in [-0.3, -0.25) is 11.8 Å². The fourth-order valence-corrected chi connectivity index (χ4v) is 3.23. The second-order valence-corrected chi connectivity index (χ2v) is 10.7. The molecule has 0 saturated heterocycles. The molecule has 38 heavy (non-hydrogen) atoms. The fraction of sp³-hybridized carbons (Fsp3) is 0.448. The number of ether oxygens (including phenoxy) is 2. The van der Waals surface area contributed by atoms with Gasteiger partial charge in [-0.1, -0.05) is 12.1 Å². The van der Waals surface area contributed by atoms with Crippen LogP contribution in [-0.4, -0.2) is 47.8 Å². The monoisotopic (exact) mass is 776 g/mol. The first-order chi connectivity index (χ1) is 16.6. The molecule has 2 aromatic rings. The molecule has 0 aromatic heterocycles. The Morgan fingerprint density at radius 1 is 1.03 bits per heavy atom. The van der Waals surface area contributed by atoms with Crippen LogP contribution < -0.4 is 5.32 Å². The van der Waals surface area contributed by atoms with Crippen LogP contribution in [0.25, 0.3) is 5.32 Å². The average molecular weight is 777 g/mol. The summed E-state index contributed by atoms with van der Waals surface area (Å²) in [6, 6.07) is 11.7. The number of carbonyl (C=O) groups excluding carboxylic acids is 2. The third-order valence-corrected chi connectivity index (χ3v) is 4.95. The fourth-order valence-electron chi connectivity index (χ4n) is 3.23. The molecule has 1 N–H and O–H groups in total. The second kappa shape index (κ2) is 14.0. The summed E-state index contributed by atoms with van der Waals surface area (Å²) in [6.07, 6.45) is -0.615. The maximum atomic E-state index is 14.3. The first-order valence-corrected chi connectivity index (χ1v) is 11.9. The van der Waals surface area contributed by atoms with E-state index in [4.69, 9.17) is 9.47 Å². The second-order valence-electron chi connectivity index (χ2n) is 10.7. The molecule has 0 saturated carbocycles. The molecule has 0 aliphatic heterocycles. The van der Waals surface area contributed by atoms with Gasteiger partial charge in [0, 0.05) is 5.69 Å². The van der Waals surface area contributed by atoms with Crippen LogP contribution in [0.2, 0.25) is 0 Å². The summed E-state index contributed by atoms with van der Waals surface area (Å²) in [5.41, 5.74) is 1.31. The number of benzene rings is 2. The molecule has 9 heteroatoms. The molecule has 0 heterocycles. The largest absolute Gasteiger partial charge is 0.616 e. The normalized spacial score (nSPS) is 12.1. The van der Waals surface area contributed by atoms with Gasteiger partial charge in [-0.05, 0) is 103 Å². The van der Waals surface area contributed by atoms with Crippen LogP contribution in [0.4, 0.5) is 14.9 Å². The summed E-state index contributed by atoms with van der Waals surface area (Å²) in [4.78, 5) is 25.9. The van der Waals surface area contributed by atoms with Crippen LogP contribution >= 0.6 is 0 Å². The van der Waals surface area contributed by atoms with Crippen LogP contribution in [0.15, 0.2) is 42.5 Å². The Kier molecular flexibility index (Phi) is 12.5. The Bertz CT molecular complexity index is 1030. The Balaban J connectivity index is 0.00000684. The van der Waals surface area contributed by atoms with Gasteiger partial charge in [-0.25, -0.2) is 9.18 Å². The average Bonchev–Trinajstić information content (AvgIpc) is 2.73. The van der Waals surface area contributed by atoms with E-state index in [1.54, 1.807) is 62.9 Å². The minimum absolute atomic E-state index is 0. The van der Waals surface area contributed by atoms with E-state index in [2.05, 4.69) is 17.7 Å². The number of hydrogen-bond acceptors (Lipinski definition) is 6. The van der Waals surface area contributed by atoms with Crippen LogP contribution in [-0.2, 0) is 9.47 Å². The van der Waals surface area contributed by atoms with Crippen molar-refractivity contribution in [3.8, 4) is 0 Å². The van der Waals surface area contributed by atoms with Crippen molar-refractivity contribution in [1.29, 1.82) is 0 Å². The standard InChI is InChI=1S/C28H39FN3O4.CH3.Lr/c1-19-9-10-21(17-23(19)29)24(18-32(8)16-15-30-26(34)36-28(5,6)7)31-22-13-11-20(12-14-22)25(33)35-27(2,3)4;;/h9-14,17,24H,8,15-16,18H2,1-7H3,(H2,30,31,33,34);1H3;/q2*-1;/p-1. The van der Waals surface area contributed by atoms with Crippen molar-refractivity contribution in [1.82, 2.24) is 4.90 Å². The smallest absolute Gasteiger partial charge is 0.338 e. The zero-order valence-corrected chi connectivity index (χ0v) is 25.8. The molecule has 221 valence electrons. The molecule has 0 bridgehead atoms. The van der Waals surface area contributed by atoms with Crippen molar-refractivity contribution in [2.75, 3.05) is 25.0 Å². The van der Waals surface area contributed by atoms with E-state index < -0.39 is 23.3 Å². The van der Waals surface area contributed by atoms with Crippen LogP contribution in [0.3, 0.4) is 0 Å². The van der Waals surface area contributed by atoms with Crippen LogP contribution in [0, 0.1) is 27.2 Å². The van der Waals surface area contributed by atoms with E-state index in [0.717, 1.165) is 11.3 Å². The van der Waals surface area contributed by atoms with Gasteiger partial charge >= 0.3 is 5.97 Å². The van der Waals surface area contributed by atoms with E-state index in [1.165, 1.54) is 6.07 Å². The molecule has 1 radical (unpaired) electrons. The van der Waals surface area contributed by atoms with Gasteiger partial charge < -0.3 is 32.4 Å². The SMILES string of the molecule is [CH2-]N(CC[N-]C(=O)OC(C)(C)C)CC(Nc1ccc(C(=O)OC(C)(C)C)cc1)c1ccc(C)c(F)c1.[CH3-].[Lr]. The number of anilines is 1. The number of aryl methyl sites for hydroxylation is 1. The number of hydrogen-bond donors (Lipinski definition) is 1. The molecule has 7 nitrogen and oxygen atoms in total. The molecule has 0 aliphatic carbocycles. The maximum absolute atomic E-state index is 14.3. The Labute approximate surface area is 221 Å². The zero-order valence-electron chi connectivity index (χ0n) is 23.6. The Morgan fingerprint density at radius 3 is 2.13 bits per heavy atom. The molecule has 2 rings (SSSR count). The van der Waals surface area contributed by atoms with Gasteiger partial charge in [0.1, 0.15) is 17.0 Å². The first kappa shape index (κ1) is 33.9. The number of halogens is 1. The third-order valence-electron chi connectivity index (χ3n) is 4.95. The number of amides is 1. The van der Waals surface area contributed by atoms with E-state index in [-0.39, 0.29) is 25.8 Å². The first-order valence-electron chi connectivity index (χ1n) is 11.9. The predicted molar refractivity (Wildman–Crippen MR) is 147 cm³/mol. The minimum Gasteiger partial charge on any atom is -0.616 e. The van der Waals surface area contributed by atoms with Crippen molar-refractivity contribution < 1.29 is 23.5 Å². The summed E-state index contributed by atoms with van der Waals surface area (Å²) in [5.74, 6) is -0.695. The summed E-state index contributed by atoms with van der Waals surface area (Å²) in [7, 11) is 4.05. The van der Waals surface area contributed by atoms with Gasteiger partial charge in [0.05, 0.1) is 11.6 Å². The summed E-state index contributed by atoms with van der Waals surface area (Å²) in [6.45, 7) is 13.6. The molecule has 0 aliphatic rings. The van der Waals surface area contributed by atoms with Gasteiger partial charge in [-0.15, -0.1) is 6.54 Å². The van der Waals surface area contributed by atoms with Gasteiger partial charge in [0.15, 0.2) is 0 Å². The number of carbonyl (C=O) groups is 2.